The van der Waals surface area contributed by atoms with Crippen LogP contribution in [0.15, 0.2) is 65.7 Å². The first-order chi connectivity index (χ1) is 10.0. The van der Waals surface area contributed by atoms with E-state index in [1.807, 2.05) is 50.2 Å². The average molecular weight is 275 g/mol. The van der Waals surface area contributed by atoms with E-state index in [1.54, 1.807) is 0 Å². The molecule has 0 atom stereocenters. The van der Waals surface area contributed by atoms with Gasteiger partial charge in [0.15, 0.2) is 0 Å². The van der Waals surface area contributed by atoms with Gasteiger partial charge in [-0.2, -0.15) is 0 Å². The van der Waals surface area contributed by atoms with Crippen molar-refractivity contribution in [2.24, 2.45) is 4.99 Å². The fourth-order valence-corrected chi connectivity index (χ4v) is 2.34. The molecule has 0 spiro atoms. The molecule has 1 nitrogen and oxygen atoms in total. The minimum absolute atomic E-state index is 0.904. The summed E-state index contributed by atoms with van der Waals surface area (Å²) in [5.41, 5.74) is 5.23. The van der Waals surface area contributed by atoms with E-state index in [0.29, 0.717) is 0 Å². The first-order valence-corrected chi connectivity index (χ1v) is 7.06. The molecule has 0 aliphatic rings. The molecule has 0 bridgehead atoms. The number of aryl methyl sites for hydroxylation is 1. The van der Waals surface area contributed by atoms with E-state index in [2.05, 4.69) is 32.2 Å². The lowest BCUT2D eigenvalue weighted by Crippen LogP contribution is -2.25. The highest BCUT2D eigenvalue weighted by atomic mass is 14.8. The SMILES string of the molecule is C=C(C)/C(N=C(C)c1ccccc1C)=c1\ccccc1=C. The highest BCUT2D eigenvalue weighted by Crippen LogP contribution is 2.13. The van der Waals surface area contributed by atoms with Crippen LogP contribution in [-0.4, -0.2) is 5.71 Å². The molecule has 0 saturated carbocycles. The molecule has 0 saturated heterocycles. The Balaban J connectivity index is 2.68. The lowest BCUT2D eigenvalue weighted by molar-refractivity contribution is 1.36. The molecule has 0 heterocycles. The van der Waals surface area contributed by atoms with E-state index in [-0.39, 0.29) is 0 Å². The maximum absolute atomic E-state index is 4.83. The van der Waals surface area contributed by atoms with Crippen molar-refractivity contribution in [2.75, 3.05) is 0 Å². The van der Waals surface area contributed by atoms with E-state index in [0.717, 1.165) is 33.0 Å². The van der Waals surface area contributed by atoms with E-state index in [1.165, 1.54) is 5.56 Å². The van der Waals surface area contributed by atoms with Gasteiger partial charge >= 0.3 is 0 Å². The normalized spacial score (nSPS) is 13.0. The Bertz CT molecular complexity index is 810. The van der Waals surface area contributed by atoms with Crippen LogP contribution in [0.2, 0.25) is 0 Å². The Morgan fingerprint density at radius 1 is 0.952 bits per heavy atom. The molecule has 2 rings (SSSR count). The van der Waals surface area contributed by atoms with Gasteiger partial charge in [0.25, 0.3) is 0 Å². The van der Waals surface area contributed by atoms with Crippen molar-refractivity contribution in [1.29, 1.82) is 0 Å². The molecule has 0 aliphatic heterocycles. The molecular formula is C20H21N. The molecule has 2 aromatic rings. The van der Waals surface area contributed by atoms with E-state index < -0.39 is 0 Å². The molecule has 0 aromatic heterocycles. The Morgan fingerprint density at radius 3 is 2.19 bits per heavy atom. The molecule has 0 aliphatic carbocycles. The van der Waals surface area contributed by atoms with Gasteiger partial charge in [-0.25, -0.2) is 0 Å². The molecule has 21 heavy (non-hydrogen) atoms. The Labute approximate surface area is 126 Å². The second kappa shape index (κ2) is 6.36. The lowest BCUT2D eigenvalue weighted by atomic mass is 10.0. The zero-order chi connectivity index (χ0) is 15.4. The quantitative estimate of drug-likeness (QED) is 0.759. The van der Waals surface area contributed by atoms with Gasteiger partial charge in [0, 0.05) is 10.9 Å². The molecular weight excluding hydrogens is 254 g/mol. The summed E-state index contributed by atoms with van der Waals surface area (Å²) in [6.07, 6.45) is 0. The zero-order valence-electron chi connectivity index (χ0n) is 13.0. The van der Waals surface area contributed by atoms with Crippen LogP contribution >= 0.6 is 0 Å². The minimum atomic E-state index is 0.904. The van der Waals surface area contributed by atoms with Gasteiger partial charge in [0.1, 0.15) is 0 Å². The number of hydrogen-bond acceptors (Lipinski definition) is 1. The molecule has 0 fully saturated rings. The minimum Gasteiger partial charge on any atom is -0.252 e. The van der Waals surface area contributed by atoms with Crippen molar-refractivity contribution in [3.05, 3.63) is 82.2 Å². The number of nitrogens with zero attached hydrogens (tertiary/aromatic N) is 1. The van der Waals surface area contributed by atoms with Crippen molar-refractivity contribution in [1.82, 2.24) is 0 Å². The summed E-state index contributed by atoms with van der Waals surface area (Å²) in [6, 6.07) is 16.3. The van der Waals surface area contributed by atoms with Crippen LogP contribution in [0, 0.1) is 6.92 Å². The summed E-state index contributed by atoms with van der Waals surface area (Å²) >= 11 is 0. The van der Waals surface area contributed by atoms with Gasteiger partial charge in [-0.15, -0.1) is 0 Å². The largest absolute Gasteiger partial charge is 0.252 e. The van der Waals surface area contributed by atoms with Gasteiger partial charge in [-0.1, -0.05) is 61.7 Å². The van der Waals surface area contributed by atoms with Gasteiger partial charge < -0.3 is 0 Å². The van der Waals surface area contributed by atoms with Gasteiger partial charge in [0.2, 0.25) is 0 Å². The Morgan fingerprint density at radius 2 is 1.57 bits per heavy atom. The molecule has 0 unspecified atom stereocenters. The topological polar surface area (TPSA) is 12.4 Å². The van der Waals surface area contributed by atoms with Crippen LogP contribution in [0.5, 0.6) is 0 Å². The number of benzene rings is 2. The standard InChI is InChI=1S/C20H21N/c1-14(2)20(19-13-9-7-11-16(19)4)21-17(5)18-12-8-6-10-15(18)3/h6-13H,1,4H2,2-3,5H3/b20-19-,21-17?. The molecule has 2 aromatic carbocycles. The summed E-state index contributed by atoms with van der Waals surface area (Å²) in [5, 5.41) is 2.01. The Hall–Kier alpha value is -2.41. The average Bonchev–Trinajstić information content (AvgIpc) is 2.45. The molecule has 106 valence electrons. The van der Waals surface area contributed by atoms with Crippen molar-refractivity contribution in [3.8, 4) is 0 Å². The molecule has 0 amide bonds. The van der Waals surface area contributed by atoms with Crippen LogP contribution in [0.4, 0.5) is 0 Å². The number of hydrogen-bond donors (Lipinski definition) is 0. The molecule has 1 heteroatoms. The van der Waals surface area contributed by atoms with Crippen LogP contribution in [0.3, 0.4) is 0 Å². The van der Waals surface area contributed by atoms with Gasteiger partial charge in [-0.3, -0.25) is 4.99 Å². The van der Waals surface area contributed by atoms with E-state index >= 15 is 0 Å². The first kappa shape index (κ1) is 15.0. The monoisotopic (exact) mass is 275 g/mol. The van der Waals surface area contributed by atoms with Gasteiger partial charge in [0.05, 0.1) is 5.70 Å². The first-order valence-electron chi connectivity index (χ1n) is 7.06. The number of aliphatic imine (C=N–C) groups is 1. The second-order valence-corrected chi connectivity index (χ2v) is 5.30. The summed E-state index contributed by atoms with van der Waals surface area (Å²) < 4.78 is 0. The summed E-state index contributed by atoms with van der Waals surface area (Å²) in [5.74, 6) is 0. The van der Waals surface area contributed by atoms with Crippen LogP contribution in [0.25, 0.3) is 12.3 Å². The number of rotatable bonds is 3. The predicted molar refractivity (Wildman–Crippen MR) is 92.8 cm³/mol. The molecule has 0 N–H and O–H groups in total. The van der Waals surface area contributed by atoms with E-state index in [9.17, 15) is 0 Å². The summed E-state index contributed by atoms with van der Waals surface area (Å²) in [7, 11) is 0. The summed E-state index contributed by atoms with van der Waals surface area (Å²) in [6.45, 7) is 14.3. The highest BCUT2D eigenvalue weighted by molar-refractivity contribution is 6.02. The van der Waals surface area contributed by atoms with Crippen LogP contribution in [-0.2, 0) is 0 Å². The Kier molecular flexibility index (Phi) is 4.54. The lowest BCUT2D eigenvalue weighted by Gasteiger charge is -2.08. The van der Waals surface area contributed by atoms with Crippen LogP contribution in [0.1, 0.15) is 25.0 Å². The fraction of sp³-hybridized carbons (Fsp3) is 0.150. The van der Waals surface area contributed by atoms with Gasteiger partial charge in [-0.05, 0) is 42.7 Å². The smallest absolute Gasteiger partial charge is 0.0734 e. The van der Waals surface area contributed by atoms with Crippen LogP contribution < -0.4 is 10.4 Å². The third-order valence-corrected chi connectivity index (χ3v) is 3.49. The molecule has 0 radical (unpaired) electrons. The third-order valence-electron chi connectivity index (χ3n) is 3.49. The third kappa shape index (κ3) is 3.38. The van der Waals surface area contributed by atoms with E-state index in [4.69, 9.17) is 4.99 Å². The zero-order valence-corrected chi connectivity index (χ0v) is 13.0. The highest BCUT2D eigenvalue weighted by Gasteiger charge is 2.04. The van der Waals surface area contributed by atoms with Crippen molar-refractivity contribution in [3.63, 3.8) is 0 Å². The maximum atomic E-state index is 4.83. The summed E-state index contributed by atoms with van der Waals surface area (Å²) in [4.78, 5) is 4.83. The van der Waals surface area contributed by atoms with Crippen molar-refractivity contribution in [2.45, 2.75) is 20.8 Å². The maximum Gasteiger partial charge on any atom is 0.0734 e. The second-order valence-electron chi connectivity index (χ2n) is 5.30. The van der Waals surface area contributed by atoms with Crippen molar-refractivity contribution < 1.29 is 0 Å². The fourth-order valence-electron chi connectivity index (χ4n) is 2.34. The van der Waals surface area contributed by atoms with Crippen molar-refractivity contribution >= 4 is 18.0 Å². The predicted octanol–water partition coefficient (Wildman–Crippen LogP) is 3.60.